The molecule has 1 fully saturated rings. The Morgan fingerprint density at radius 2 is 2.06 bits per heavy atom. The fraction of sp³-hybridized carbons (Fsp3) is 0.533. The van der Waals surface area contributed by atoms with Crippen molar-refractivity contribution in [3.05, 3.63) is 46.8 Å². The van der Waals surface area contributed by atoms with Gasteiger partial charge in [-0.3, -0.25) is 0 Å². The zero-order valence-corrected chi connectivity index (χ0v) is 10.4. The summed E-state index contributed by atoms with van der Waals surface area (Å²) in [7, 11) is 0. The summed E-state index contributed by atoms with van der Waals surface area (Å²) in [6, 6.07) is 8.33. The Balaban J connectivity index is 1.94. The first-order valence-electron chi connectivity index (χ1n) is 6.54. The molecule has 0 radical (unpaired) electrons. The van der Waals surface area contributed by atoms with Crippen LogP contribution < -0.4 is 0 Å². The molecular formula is C15H17NO2. The van der Waals surface area contributed by atoms with Crippen LogP contribution in [0.3, 0.4) is 0 Å². The van der Waals surface area contributed by atoms with E-state index in [1.54, 1.807) is 0 Å². The molecule has 3 heteroatoms. The Hall–Kier alpha value is -1.37. The van der Waals surface area contributed by atoms with Gasteiger partial charge >= 0.3 is 0 Å². The Bertz CT molecular complexity index is 474. The first kappa shape index (κ1) is 11.7. The fourth-order valence-electron chi connectivity index (χ4n) is 3.07. The standard InChI is InChI=1S/C15H17NO2/c1-16-15(11-14-17-9-10-18-14)8-4-6-12-5-2-3-7-13(12)15/h2-3,5,7,14H,4,6,8-11H2. The normalized spacial score (nSPS) is 27.7. The molecular weight excluding hydrogens is 226 g/mol. The van der Waals surface area contributed by atoms with Crippen molar-refractivity contribution in [2.75, 3.05) is 13.2 Å². The number of hydrogen-bond acceptors (Lipinski definition) is 2. The maximum atomic E-state index is 7.65. The maximum absolute atomic E-state index is 7.65. The van der Waals surface area contributed by atoms with E-state index in [0.29, 0.717) is 19.6 Å². The van der Waals surface area contributed by atoms with E-state index in [2.05, 4.69) is 23.0 Å². The van der Waals surface area contributed by atoms with Crippen molar-refractivity contribution in [3.63, 3.8) is 0 Å². The van der Waals surface area contributed by atoms with E-state index in [9.17, 15) is 0 Å². The van der Waals surface area contributed by atoms with Crippen molar-refractivity contribution in [2.24, 2.45) is 0 Å². The minimum atomic E-state index is -0.441. The number of nitrogens with zero attached hydrogens (tertiary/aromatic N) is 1. The van der Waals surface area contributed by atoms with E-state index in [1.165, 1.54) is 11.1 Å². The van der Waals surface area contributed by atoms with E-state index in [-0.39, 0.29) is 6.29 Å². The summed E-state index contributed by atoms with van der Waals surface area (Å²) in [4.78, 5) is 3.97. The second-order valence-electron chi connectivity index (χ2n) is 5.03. The Labute approximate surface area is 108 Å². The predicted molar refractivity (Wildman–Crippen MR) is 68.0 cm³/mol. The molecule has 0 spiro atoms. The van der Waals surface area contributed by atoms with Crippen LogP contribution in [0.1, 0.15) is 30.4 Å². The number of hydrogen-bond donors (Lipinski definition) is 0. The molecule has 1 atom stereocenters. The quantitative estimate of drug-likeness (QED) is 0.745. The molecule has 1 aliphatic heterocycles. The number of fused-ring (bicyclic) bond motifs is 1. The molecule has 0 bridgehead atoms. The maximum Gasteiger partial charge on any atom is 0.262 e. The molecule has 3 nitrogen and oxygen atoms in total. The topological polar surface area (TPSA) is 22.8 Å². The van der Waals surface area contributed by atoms with Crippen molar-refractivity contribution in [1.82, 2.24) is 0 Å². The van der Waals surface area contributed by atoms with Gasteiger partial charge in [0.2, 0.25) is 0 Å². The van der Waals surface area contributed by atoms with Gasteiger partial charge in [-0.05, 0) is 18.4 Å². The van der Waals surface area contributed by atoms with E-state index in [0.717, 1.165) is 19.3 Å². The van der Waals surface area contributed by atoms with Crippen molar-refractivity contribution < 1.29 is 9.47 Å². The molecule has 1 aromatic rings. The molecule has 0 amide bonds. The number of benzene rings is 1. The number of ether oxygens (including phenoxy) is 2. The lowest BCUT2D eigenvalue weighted by Gasteiger charge is -2.30. The lowest BCUT2D eigenvalue weighted by atomic mass is 9.75. The molecule has 0 saturated carbocycles. The van der Waals surface area contributed by atoms with E-state index >= 15 is 0 Å². The highest BCUT2D eigenvalue weighted by Gasteiger charge is 2.45. The highest BCUT2D eigenvalue weighted by Crippen LogP contribution is 2.43. The van der Waals surface area contributed by atoms with Gasteiger partial charge in [-0.2, -0.15) is 0 Å². The third kappa shape index (κ3) is 1.92. The SMILES string of the molecule is [C-]#[N+]C1(CC2OCCO2)CCCc2ccccc21. The van der Waals surface area contributed by atoms with Crippen molar-refractivity contribution >= 4 is 0 Å². The van der Waals surface area contributed by atoms with Crippen LogP contribution >= 0.6 is 0 Å². The van der Waals surface area contributed by atoms with Gasteiger partial charge in [0.1, 0.15) is 0 Å². The molecule has 1 heterocycles. The third-order valence-electron chi connectivity index (χ3n) is 3.96. The molecule has 3 rings (SSSR count). The first-order valence-corrected chi connectivity index (χ1v) is 6.54. The second kappa shape index (κ2) is 4.72. The summed E-state index contributed by atoms with van der Waals surface area (Å²) in [6.45, 7) is 8.96. The minimum Gasteiger partial charge on any atom is -0.350 e. The lowest BCUT2D eigenvalue weighted by molar-refractivity contribution is -0.0588. The van der Waals surface area contributed by atoms with Gasteiger partial charge in [0.05, 0.1) is 19.6 Å². The molecule has 0 N–H and O–H groups in total. The molecule has 94 valence electrons. The summed E-state index contributed by atoms with van der Waals surface area (Å²) < 4.78 is 11.1. The van der Waals surface area contributed by atoms with Gasteiger partial charge in [-0.15, -0.1) is 0 Å². The van der Waals surface area contributed by atoms with Crippen LogP contribution in [0.15, 0.2) is 24.3 Å². The molecule has 18 heavy (non-hydrogen) atoms. The van der Waals surface area contributed by atoms with Gasteiger partial charge in [0, 0.05) is 12.0 Å². The average Bonchev–Trinajstić information content (AvgIpc) is 2.92. The predicted octanol–water partition coefficient (Wildman–Crippen LogP) is 2.90. The third-order valence-corrected chi connectivity index (χ3v) is 3.96. The van der Waals surface area contributed by atoms with E-state index < -0.39 is 5.54 Å². The molecule has 1 saturated heterocycles. The van der Waals surface area contributed by atoms with Crippen molar-refractivity contribution in [3.8, 4) is 0 Å². The van der Waals surface area contributed by atoms with Gasteiger partial charge in [-0.25, -0.2) is 6.57 Å². The van der Waals surface area contributed by atoms with Crippen LogP contribution in [0.25, 0.3) is 4.85 Å². The highest BCUT2D eigenvalue weighted by molar-refractivity contribution is 5.38. The Morgan fingerprint density at radius 3 is 2.83 bits per heavy atom. The van der Waals surface area contributed by atoms with Crippen LogP contribution in [-0.4, -0.2) is 19.5 Å². The molecule has 1 aliphatic carbocycles. The van der Waals surface area contributed by atoms with Crippen LogP contribution in [0.4, 0.5) is 0 Å². The zero-order chi connectivity index (χ0) is 12.4. The molecule has 1 unspecified atom stereocenters. The Morgan fingerprint density at radius 1 is 1.28 bits per heavy atom. The van der Waals surface area contributed by atoms with Crippen LogP contribution in [0.2, 0.25) is 0 Å². The summed E-state index contributed by atoms with van der Waals surface area (Å²) in [6.07, 6.45) is 3.53. The van der Waals surface area contributed by atoms with Gasteiger partial charge in [0.15, 0.2) is 6.29 Å². The highest BCUT2D eigenvalue weighted by atomic mass is 16.7. The average molecular weight is 243 g/mol. The minimum absolute atomic E-state index is 0.203. The van der Waals surface area contributed by atoms with Crippen LogP contribution in [-0.2, 0) is 21.4 Å². The zero-order valence-electron chi connectivity index (χ0n) is 10.4. The summed E-state index contributed by atoms with van der Waals surface area (Å²) in [5.41, 5.74) is 2.06. The van der Waals surface area contributed by atoms with Gasteiger partial charge in [0.25, 0.3) is 5.54 Å². The number of rotatable bonds is 2. The summed E-state index contributed by atoms with van der Waals surface area (Å²) in [5.74, 6) is 0. The van der Waals surface area contributed by atoms with Crippen molar-refractivity contribution in [2.45, 2.75) is 37.5 Å². The largest absolute Gasteiger partial charge is 0.350 e. The smallest absolute Gasteiger partial charge is 0.262 e. The summed E-state index contributed by atoms with van der Waals surface area (Å²) in [5, 5.41) is 0. The van der Waals surface area contributed by atoms with E-state index in [4.69, 9.17) is 16.0 Å². The monoisotopic (exact) mass is 243 g/mol. The van der Waals surface area contributed by atoms with E-state index in [1.807, 2.05) is 6.07 Å². The molecule has 2 aliphatic rings. The molecule has 1 aromatic carbocycles. The first-order chi connectivity index (χ1) is 8.84. The van der Waals surface area contributed by atoms with Crippen LogP contribution in [0.5, 0.6) is 0 Å². The van der Waals surface area contributed by atoms with Gasteiger partial charge in [-0.1, -0.05) is 24.3 Å². The second-order valence-corrected chi connectivity index (χ2v) is 5.03. The summed E-state index contributed by atoms with van der Waals surface area (Å²) >= 11 is 0. The number of aryl methyl sites for hydroxylation is 1. The van der Waals surface area contributed by atoms with Crippen molar-refractivity contribution in [1.29, 1.82) is 0 Å². The lowest BCUT2D eigenvalue weighted by Crippen LogP contribution is -2.32. The van der Waals surface area contributed by atoms with Gasteiger partial charge < -0.3 is 14.3 Å². The van der Waals surface area contributed by atoms with Crippen LogP contribution in [0, 0.1) is 6.57 Å². The molecule has 0 aromatic heterocycles. The Kier molecular flexibility index (Phi) is 3.07. The fourth-order valence-corrected chi connectivity index (χ4v) is 3.07.